The Kier molecular flexibility index (Phi) is 17.2. The van der Waals surface area contributed by atoms with E-state index in [1.54, 1.807) is 13.2 Å². The number of hydrogen-bond donors (Lipinski definition) is 2. The summed E-state index contributed by atoms with van der Waals surface area (Å²) >= 11 is 0. The molecule has 0 amide bonds. The van der Waals surface area contributed by atoms with Gasteiger partial charge in [-0.15, -0.1) is 0 Å². The Morgan fingerprint density at radius 3 is 2.13 bits per heavy atom. The quantitative estimate of drug-likeness (QED) is 0.0930. The van der Waals surface area contributed by atoms with Crippen molar-refractivity contribution in [1.29, 1.82) is 0 Å². The van der Waals surface area contributed by atoms with Crippen LogP contribution in [-0.2, 0) is 23.4 Å². The molecular weight excluding hydrogens is 586 g/mol. The minimum Gasteiger partial charge on any atom is -0.478 e. The van der Waals surface area contributed by atoms with E-state index < -0.39 is 31.8 Å². The number of allylic oxidation sites excluding steroid dienone is 2. The fraction of sp³-hybridized carbons (Fsp3) is 0.861. The molecule has 0 aromatic rings. The zero-order valence-corrected chi connectivity index (χ0v) is 32.1. The zero-order chi connectivity index (χ0) is 34.6. The molecule has 0 aromatic carbocycles. The largest absolute Gasteiger partial charge is 0.478 e. The first-order valence-corrected chi connectivity index (χ1v) is 20.8. The van der Waals surface area contributed by atoms with Crippen molar-refractivity contribution in [1.82, 2.24) is 4.90 Å². The molecule has 0 bridgehead atoms. The van der Waals surface area contributed by atoms with E-state index in [0.29, 0.717) is 19.3 Å². The molecule has 2 rings (SSSR count). The predicted octanol–water partition coefficient (Wildman–Crippen LogP) is 7.81. The number of carbonyl (C=O) groups is 1. The highest BCUT2D eigenvalue weighted by atomic mass is 28.4. The minimum atomic E-state index is -1.96. The molecule has 0 saturated carbocycles. The van der Waals surface area contributed by atoms with Crippen molar-refractivity contribution in [2.24, 2.45) is 11.8 Å². The number of aliphatic hydroxyl groups is 1. The number of aliphatic hydroxyl groups excluding tert-OH is 1. The van der Waals surface area contributed by atoms with Gasteiger partial charge in [0.1, 0.15) is 5.60 Å². The summed E-state index contributed by atoms with van der Waals surface area (Å²) in [5.41, 5.74) is 0.369. The van der Waals surface area contributed by atoms with E-state index in [9.17, 15) is 9.90 Å². The highest BCUT2D eigenvalue weighted by Crippen LogP contribution is 2.50. The number of nitrogens with zero attached hydrogens (tertiary/aromatic N) is 1. The molecule has 0 aliphatic carbocycles. The van der Waals surface area contributed by atoms with E-state index in [1.807, 2.05) is 6.92 Å². The molecule has 2 heterocycles. The summed E-state index contributed by atoms with van der Waals surface area (Å²) in [6.45, 7) is 29.2. The third kappa shape index (κ3) is 13.2. The second kappa shape index (κ2) is 18.5. The second-order valence-corrected chi connectivity index (χ2v) is 19.2. The monoisotopic (exact) mass is 655 g/mol. The van der Waals surface area contributed by atoms with Gasteiger partial charge in [-0.05, 0) is 85.2 Å². The summed E-state index contributed by atoms with van der Waals surface area (Å²) in [5, 5.41) is 19.6. The molecule has 8 nitrogen and oxygen atoms in total. The molecule has 0 spiro atoms. The van der Waals surface area contributed by atoms with E-state index in [1.165, 1.54) is 31.3 Å². The average molecular weight is 656 g/mol. The maximum Gasteiger partial charge on any atom is 0.327 e. The van der Waals surface area contributed by atoms with Gasteiger partial charge in [-0.2, -0.15) is 0 Å². The lowest BCUT2D eigenvalue weighted by Gasteiger charge is -2.45. The Bertz CT molecular complexity index is 943. The number of methoxy groups -OCH3 is 1. The molecule has 264 valence electrons. The van der Waals surface area contributed by atoms with Gasteiger partial charge in [-0.25, -0.2) is 4.79 Å². The van der Waals surface area contributed by atoms with Crippen molar-refractivity contribution in [3.05, 3.63) is 23.8 Å². The standard InChI is InChI=1S/C30H54O7Si.C6H15N/c1-11-16-28(5)19-24(31)25(35-28)14-12-21(2)17-23(4)26-20-29(6,37-38(8,9)10)30(34-7,36-26)18-22(3)13-15-27(32)33;1-4-7(5-2)6-3/h13,15,17,22-26,31H,11-12,14,16,18-20H2,1-10H3,(H,32,33);4-6H2,1-3H3/b15-13+,21-17+;/t22-,23-,24-,25+,26+,28-,29-,30-;/m1./s1. The number of rotatable bonds is 17. The number of hydrogen-bond acceptors (Lipinski definition) is 7. The first-order valence-electron chi connectivity index (χ1n) is 17.4. The van der Waals surface area contributed by atoms with Crippen LogP contribution < -0.4 is 0 Å². The van der Waals surface area contributed by atoms with Gasteiger partial charge < -0.3 is 33.7 Å². The molecule has 8 atom stereocenters. The van der Waals surface area contributed by atoms with Gasteiger partial charge >= 0.3 is 5.97 Å². The van der Waals surface area contributed by atoms with Crippen LogP contribution in [0.3, 0.4) is 0 Å². The number of aliphatic carboxylic acids is 1. The molecular formula is C36H69NO7Si. The Morgan fingerprint density at radius 1 is 1.07 bits per heavy atom. The molecule has 0 radical (unpaired) electrons. The van der Waals surface area contributed by atoms with Crippen LogP contribution in [0.15, 0.2) is 23.8 Å². The van der Waals surface area contributed by atoms with Crippen molar-refractivity contribution in [2.45, 2.75) is 162 Å². The van der Waals surface area contributed by atoms with E-state index in [0.717, 1.165) is 25.7 Å². The summed E-state index contributed by atoms with van der Waals surface area (Å²) < 4.78 is 25.9. The second-order valence-electron chi connectivity index (χ2n) is 14.8. The Morgan fingerprint density at radius 2 is 1.67 bits per heavy atom. The van der Waals surface area contributed by atoms with E-state index in [4.69, 9.17) is 23.7 Å². The van der Waals surface area contributed by atoms with Crippen LogP contribution in [0.5, 0.6) is 0 Å². The van der Waals surface area contributed by atoms with Crippen LogP contribution in [0.2, 0.25) is 19.6 Å². The smallest absolute Gasteiger partial charge is 0.327 e. The Labute approximate surface area is 277 Å². The van der Waals surface area contributed by atoms with Crippen LogP contribution >= 0.6 is 0 Å². The maximum absolute atomic E-state index is 11.1. The predicted molar refractivity (Wildman–Crippen MR) is 187 cm³/mol. The summed E-state index contributed by atoms with van der Waals surface area (Å²) in [6.07, 6.45) is 10.1. The summed E-state index contributed by atoms with van der Waals surface area (Å²) in [7, 11) is -0.301. The van der Waals surface area contributed by atoms with Crippen LogP contribution in [-0.4, -0.2) is 91.4 Å². The first-order chi connectivity index (χ1) is 20.8. The fourth-order valence-corrected chi connectivity index (χ4v) is 8.67. The fourth-order valence-electron chi connectivity index (χ4n) is 7.08. The lowest BCUT2D eigenvalue weighted by atomic mass is 9.84. The highest BCUT2D eigenvalue weighted by molar-refractivity contribution is 6.69. The number of carboxylic acid groups (broad SMARTS) is 1. The molecule has 0 aromatic heterocycles. The average Bonchev–Trinajstić information content (AvgIpc) is 3.38. The SMILES string of the molecule is CCC[C@]1(C)C[C@@H](O)[C@H](CC/C(C)=C/[C@@H](C)[C@@H]2C[C@@](C)(O[Si](C)(C)C)[C@](C[C@H](C)/C=C/C(=O)O)(OC)O2)O1.CCN(CC)CC. The van der Waals surface area contributed by atoms with Gasteiger partial charge in [0, 0.05) is 38.4 Å². The Hall–Kier alpha value is -1.07. The molecule has 9 heteroatoms. The normalized spacial score (nSPS) is 32.2. The van der Waals surface area contributed by atoms with Gasteiger partial charge in [-0.1, -0.05) is 65.7 Å². The summed E-state index contributed by atoms with van der Waals surface area (Å²) in [6, 6.07) is 0. The molecule has 2 aliphatic rings. The minimum absolute atomic E-state index is 0.0711. The maximum atomic E-state index is 11.1. The third-order valence-electron chi connectivity index (χ3n) is 9.34. The zero-order valence-electron chi connectivity index (χ0n) is 31.1. The number of carboxylic acids is 1. The van der Waals surface area contributed by atoms with E-state index in [-0.39, 0.29) is 29.6 Å². The van der Waals surface area contributed by atoms with Crippen LogP contribution in [0.4, 0.5) is 0 Å². The molecule has 2 aliphatic heterocycles. The lowest BCUT2D eigenvalue weighted by molar-refractivity contribution is -0.277. The highest BCUT2D eigenvalue weighted by Gasteiger charge is 2.60. The molecule has 2 N–H and O–H groups in total. The van der Waals surface area contributed by atoms with E-state index >= 15 is 0 Å². The molecule has 0 unspecified atom stereocenters. The van der Waals surface area contributed by atoms with Gasteiger partial charge in [0.15, 0.2) is 14.1 Å². The summed E-state index contributed by atoms with van der Waals surface area (Å²) in [5.74, 6) is -1.89. The van der Waals surface area contributed by atoms with Crippen molar-refractivity contribution in [2.75, 3.05) is 26.7 Å². The first kappa shape index (κ1) is 41.9. The van der Waals surface area contributed by atoms with Crippen molar-refractivity contribution >= 4 is 14.3 Å². The van der Waals surface area contributed by atoms with Crippen molar-refractivity contribution in [3.63, 3.8) is 0 Å². The van der Waals surface area contributed by atoms with Crippen molar-refractivity contribution < 1.29 is 33.6 Å². The van der Waals surface area contributed by atoms with Crippen LogP contribution in [0, 0.1) is 11.8 Å². The molecule has 2 fully saturated rings. The van der Waals surface area contributed by atoms with Crippen LogP contribution in [0.1, 0.15) is 107 Å². The lowest BCUT2D eigenvalue weighted by Crippen LogP contribution is -2.56. The topological polar surface area (TPSA) is 97.7 Å². The number of ether oxygens (including phenoxy) is 3. The molecule has 2 saturated heterocycles. The van der Waals surface area contributed by atoms with Gasteiger partial charge in [0.2, 0.25) is 0 Å². The van der Waals surface area contributed by atoms with Gasteiger partial charge in [-0.3, -0.25) is 0 Å². The van der Waals surface area contributed by atoms with E-state index in [2.05, 4.69) is 86.0 Å². The molecule has 45 heavy (non-hydrogen) atoms. The van der Waals surface area contributed by atoms with Gasteiger partial charge in [0.05, 0.1) is 23.9 Å². The third-order valence-corrected chi connectivity index (χ3v) is 10.4. The van der Waals surface area contributed by atoms with Crippen LogP contribution in [0.25, 0.3) is 0 Å². The summed E-state index contributed by atoms with van der Waals surface area (Å²) in [4.78, 5) is 13.4. The van der Waals surface area contributed by atoms with Gasteiger partial charge in [0.25, 0.3) is 0 Å². The van der Waals surface area contributed by atoms with Crippen molar-refractivity contribution in [3.8, 4) is 0 Å². The Balaban J connectivity index is 0.00000129.